The molecule has 32 heavy (non-hydrogen) atoms. The quantitative estimate of drug-likeness (QED) is 0.555. The molecule has 2 aliphatic rings. The third-order valence-corrected chi connectivity index (χ3v) is 5.98. The van der Waals surface area contributed by atoms with Crippen LogP contribution < -0.4 is 14.2 Å². The number of hydrogen-bond donors (Lipinski definition) is 0. The van der Waals surface area contributed by atoms with Gasteiger partial charge in [-0.25, -0.2) is 4.79 Å². The molecule has 0 unspecified atom stereocenters. The fraction of sp³-hybridized carbons (Fsp3) is 0.440. The summed E-state index contributed by atoms with van der Waals surface area (Å²) in [7, 11) is -0.113. The molecular formula is C25H28O7. The SMILES string of the molecule is [2H]C([2H])Oc1ccc(-c2ccc3c(c2)COC3=O)c(OCC2(C(=O)OC(C)C)CCC2)c1OC. The van der Waals surface area contributed by atoms with Crippen molar-refractivity contribution in [3.8, 4) is 28.4 Å². The van der Waals surface area contributed by atoms with Crippen molar-refractivity contribution in [2.75, 3.05) is 20.8 Å². The van der Waals surface area contributed by atoms with Crippen LogP contribution in [0.4, 0.5) is 0 Å². The van der Waals surface area contributed by atoms with E-state index in [0.717, 1.165) is 17.5 Å². The highest BCUT2D eigenvalue weighted by atomic mass is 16.6. The smallest absolute Gasteiger partial charge is 0.338 e. The highest BCUT2D eigenvalue weighted by molar-refractivity contribution is 5.94. The Morgan fingerprint density at radius 2 is 1.94 bits per heavy atom. The van der Waals surface area contributed by atoms with Crippen LogP contribution in [0.1, 0.15) is 51.8 Å². The fourth-order valence-corrected chi connectivity index (χ4v) is 4.06. The molecule has 1 saturated carbocycles. The molecule has 4 rings (SSSR count). The molecule has 0 aromatic heterocycles. The van der Waals surface area contributed by atoms with Crippen LogP contribution in [0.5, 0.6) is 17.2 Å². The van der Waals surface area contributed by atoms with Crippen molar-refractivity contribution in [1.29, 1.82) is 0 Å². The van der Waals surface area contributed by atoms with E-state index < -0.39 is 12.5 Å². The molecule has 0 radical (unpaired) electrons. The Kier molecular flexibility index (Phi) is 5.31. The molecule has 2 aromatic carbocycles. The molecule has 1 aliphatic carbocycles. The predicted molar refractivity (Wildman–Crippen MR) is 117 cm³/mol. The molecule has 7 nitrogen and oxygen atoms in total. The van der Waals surface area contributed by atoms with E-state index in [9.17, 15) is 9.59 Å². The van der Waals surface area contributed by atoms with Gasteiger partial charge in [0.25, 0.3) is 0 Å². The maximum absolute atomic E-state index is 12.8. The zero-order chi connectivity index (χ0) is 24.5. The molecule has 0 spiro atoms. The van der Waals surface area contributed by atoms with E-state index in [1.807, 2.05) is 19.9 Å². The van der Waals surface area contributed by atoms with Gasteiger partial charge in [0.15, 0.2) is 11.5 Å². The fourth-order valence-electron chi connectivity index (χ4n) is 4.06. The van der Waals surface area contributed by atoms with Crippen molar-refractivity contribution >= 4 is 11.9 Å². The van der Waals surface area contributed by atoms with Crippen LogP contribution in [0.15, 0.2) is 30.3 Å². The topological polar surface area (TPSA) is 80.3 Å². The van der Waals surface area contributed by atoms with Crippen molar-refractivity contribution in [1.82, 2.24) is 0 Å². The summed E-state index contributed by atoms with van der Waals surface area (Å²) >= 11 is 0. The Hall–Kier alpha value is -3.22. The van der Waals surface area contributed by atoms with E-state index in [0.29, 0.717) is 29.7 Å². The number of carbonyl (C=O) groups excluding carboxylic acids is 2. The average molecular weight is 443 g/mol. The Morgan fingerprint density at radius 3 is 2.59 bits per heavy atom. The van der Waals surface area contributed by atoms with E-state index in [4.69, 9.17) is 26.4 Å². The Bertz CT molecular complexity index is 1090. The maximum Gasteiger partial charge on any atom is 0.338 e. The minimum Gasteiger partial charge on any atom is -0.493 e. The average Bonchev–Trinajstić information content (AvgIpc) is 3.12. The first-order chi connectivity index (χ1) is 16.2. The predicted octanol–water partition coefficient (Wildman–Crippen LogP) is 4.54. The Balaban J connectivity index is 1.73. The highest BCUT2D eigenvalue weighted by Crippen LogP contribution is 2.48. The summed E-state index contributed by atoms with van der Waals surface area (Å²) in [6.07, 6.45) is 1.99. The van der Waals surface area contributed by atoms with Gasteiger partial charge in [-0.1, -0.05) is 12.5 Å². The standard InChI is InChI=1S/C25H28O7/c1-15(2)32-24(27)25(10-5-11-25)14-31-21-18(8-9-20(28-3)22(21)29-4)16-6-7-19-17(12-16)13-30-23(19)26/h6-9,12,15H,5,10-11,13-14H2,1-4H3/i3D2. The van der Waals surface area contributed by atoms with Crippen LogP contribution in [0, 0.1) is 5.41 Å². The number of carbonyl (C=O) groups is 2. The van der Waals surface area contributed by atoms with Crippen molar-refractivity contribution < 1.29 is 36.0 Å². The van der Waals surface area contributed by atoms with Gasteiger partial charge in [-0.2, -0.15) is 0 Å². The third-order valence-electron chi connectivity index (χ3n) is 5.98. The summed E-state index contributed by atoms with van der Waals surface area (Å²) in [5.41, 5.74) is 1.96. The number of rotatable bonds is 8. The lowest BCUT2D eigenvalue weighted by atomic mass is 9.69. The first-order valence-electron chi connectivity index (χ1n) is 11.8. The van der Waals surface area contributed by atoms with Gasteiger partial charge in [-0.05, 0) is 56.5 Å². The molecule has 0 amide bonds. The molecule has 0 N–H and O–H groups in total. The molecule has 0 bridgehead atoms. The van der Waals surface area contributed by atoms with E-state index in [2.05, 4.69) is 0 Å². The molecule has 7 heteroatoms. The molecule has 1 fully saturated rings. The molecule has 2 aromatic rings. The monoisotopic (exact) mass is 442 g/mol. The second-order valence-electron chi connectivity index (χ2n) is 8.42. The Morgan fingerprint density at radius 1 is 1.16 bits per heavy atom. The van der Waals surface area contributed by atoms with Crippen molar-refractivity contribution in [3.05, 3.63) is 41.5 Å². The number of cyclic esters (lactones) is 1. The number of fused-ring (bicyclic) bond motifs is 1. The molecule has 1 heterocycles. The molecule has 0 saturated heterocycles. The van der Waals surface area contributed by atoms with E-state index >= 15 is 0 Å². The van der Waals surface area contributed by atoms with Gasteiger partial charge in [0.1, 0.15) is 18.6 Å². The second kappa shape index (κ2) is 8.73. The van der Waals surface area contributed by atoms with Gasteiger partial charge in [-0.3, -0.25) is 4.79 Å². The molecule has 170 valence electrons. The summed E-state index contributed by atoms with van der Waals surface area (Å²) < 4.78 is 42.7. The summed E-state index contributed by atoms with van der Waals surface area (Å²) in [6, 6.07) is 8.70. The van der Waals surface area contributed by atoms with Gasteiger partial charge in [-0.15, -0.1) is 0 Å². The largest absolute Gasteiger partial charge is 0.493 e. The van der Waals surface area contributed by atoms with Crippen LogP contribution >= 0.6 is 0 Å². The minimum atomic E-state index is -1.56. The van der Waals surface area contributed by atoms with Crippen LogP contribution in [0.3, 0.4) is 0 Å². The Labute approximate surface area is 190 Å². The number of ether oxygens (including phenoxy) is 5. The molecule has 0 atom stereocenters. The second-order valence-corrected chi connectivity index (χ2v) is 8.42. The lowest BCUT2D eigenvalue weighted by Gasteiger charge is -2.39. The summed E-state index contributed by atoms with van der Waals surface area (Å²) in [5.74, 6) is 0.0958. The summed E-state index contributed by atoms with van der Waals surface area (Å²) in [4.78, 5) is 24.7. The van der Waals surface area contributed by atoms with Crippen LogP contribution in [-0.4, -0.2) is 38.8 Å². The highest BCUT2D eigenvalue weighted by Gasteiger charge is 2.47. The molecule has 1 aliphatic heterocycles. The van der Waals surface area contributed by atoms with Gasteiger partial charge < -0.3 is 23.7 Å². The van der Waals surface area contributed by atoms with E-state index in [-0.39, 0.29) is 42.8 Å². The van der Waals surface area contributed by atoms with E-state index in [1.54, 1.807) is 24.3 Å². The first kappa shape index (κ1) is 19.5. The van der Waals surface area contributed by atoms with Gasteiger partial charge in [0.05, 0.1) is 28.6 Å². The number of benzene rings is 2. The van der Waals surface area contributed by atoms with Crippen LogP contribution in [0.25, 0.3) is 11.1 Å². The summed E-state index contributed by atoms with van der Waals surface area (Å²) in [5, 5.41) is 0. The summed E-state index contributed by atoms with van der Waals surface area (Å²) in [6.45, 7) is 3.91. The van der Waals surface area contributed by atoms with Crippen molar-refractivity contribution in [2.24, 2.45) is 5.41 Å². The molecular weight excluding hydrogens is 412 g/mol. The van der Waals surface area contributed by atoms with Gasteiger partial charge in [0.2, 0.25) is 5.75 Å². The zero-order valence-corrected chi connectivity index (χ0v) is 18.4. The number of methoxy groups -OCH3 is 2. The lowest BCUT2D eigenvalue weighted by Crippen LogP contribution is -2.45. The number of esters is 2. The minimum absolute atomic E-state index is 0.0864. The third kappa shape index (κ3) is 3.87. The van der Waals surface area contributed by atoms with Crippen LogP contribution in [-0.2, 0) is 20.9 Å². The zero-order valence-electron chi connectivity index (χ0n) is 20.4. The van der Waals surface area contributed by atoms with E-state index in [1.165, 1.54) is 7.11 Å². The first-order valence-corrected chi connectivity index (χ1v) is 10.6. The van der Waals surface area contributed by atoms with Gasteiger partial charge >= 0.3 is 11.9 Å². The van der Waals surface area contributed by atoms with Crippen molar-refractivity contribution in [3.63, 3.8) is 0 Å². The lowest BCUT2D eigenvalue weighted by molar-refractivity contribution is -0.168. The van der Waals surface area contributed by atoms with Crippen molar-refractivity contribution in [2.45, 2.75) is 45.8 Å². The maximum atomic E-state index is 12.8. The van der Waals surface area contributed by atoms with Gasteiger partial charge in [0, 0.05) is 11.1 Å². The number of hydrogen-bond acceptors (Lipinski definition) is 7. The normalized spacial score (nSPS) is 17.1. The van der Waals surface area contributed by atoms with Crippen LogP contribution in [0.2, 0.25) is 0 Å².